The minimum atomic E-state index is 0.616. The molecule has 0 atom stereocenters. The number of nitrogens with zero attached hydrogens (tertiary/aromatic N) is 3. The Morgan fingerprint density at radius 1 is 1.00 bits per heavy atom. The van der Waals surface area contributed by atoms with Crippen molar-refractivity contribution in [1.82, 2.24) is 14.5 Å². The highest BCUT2D eigenvalue weighted by Crippen LogP contribution is 2.33. The number of likely N-dealkylation sites (tertiary alicyclic amines) is 1. The van der Waals surface area contributed by atoms with Gasteiger partial charge in [-0.1, -0.05) is 56.0 Å². The first kappa shape index (κ1) is 15.9. The van der Waals surface area contributed by atoms with Crippen LogP contribution in [0.5, 0.6) is 0 Å². The number of rotatable bonds is 4. The van der Waals surface area contributed by atoms with Crippen molar-refractivity contribution in [3.63, 3.8) is 0 Å². The monoisotopic (exact) mass is 323 g/mol. The molecule has 2 aliphatic rings. The van der Waals surface area contributed by atoms with Crippen molar-refractivity contribution in [2.75, 3.05) is 13.1 Å². The van der Waals surface area contributed by atoms with Crippen molar-refractivity contribution in [2.45, 2.75) is 64.0 Å². The third-order valence-corrected chi connectivity index (χ3v) is 5.89. The Morgan fingerprint density at radius 2 is 1.71 bits per heavy atom. The van der Waals surface area contributed by atoms with E-state index in [0.717, 1.165) is 12.6 Å². The predicted octanol–water partition coefficient (Wildman–Crippen LogP) is 4.36. The average Bonchev–Trinajstić information content (AvgIpc) is 2.78. The summed E-state index contributed by atoms with van der Waals surface area (Å²) in [5.41, 5.74) is 2.64. The molecule has 2 aromatic rings. The molecule has 0 unspecified atom stereocenters. The molecule has 1 aliphatic heterocycles. The van der Waals surface area contributed by atoms with E-state index in [1.54, 1.807) is 0 Å². The molecule has 3 heteroatoms. The molecular weight excluding hydrogens is 294 g/mol. The van der Waals surface area contributed by atoms with Gasteiger partial charge in [-0.3, -0.25) is 4.90 Å². The Labute approximate surface area is 145 Å². The van der Waals surface area contributed by atoms with Crippen LogP contribution in [-0.4, -0.2) is 33.6 Å². The van der Waals surface area contributed by atoms with Gasteiger partial charge in [0.05, 0.1) is 0 Å². The molecule has 1 saturated carbocycles. The summed E-state index contributed by atoms with van der Waals surface area (Å²) in [6.07, 6.45) is 10.6. The largest absolute Gasteiger partial charge is 0.328 e. The Morgan fingerprint density at radius 3 is 2.42 bits per heavy atom. The zero-order valence-electron chi connectivity index (χ0n) is 14.8. The summed E-state index contributed by atoms with van der Waals surface area (Å²) >= 11 is 0. The topological polar surface area (TPSA) is 21.1 Å². The molecule has 128 valence electrons. The normalized spacial score (nSPS) is 20.7. The smallest absolute Gasteiger partial charge is 0.114 e. The van der Waals surface area contributed by atoms with Crippen LogP contribution in [0.25, 0.3) is 0 Å². The highest BCUT2D eigenvalue weighted by atomic mass is 15.2. The minimum absolute atomic E-state index is 0.616. The molecule has 2 fully saturated rings. The van der Waals surface area contributed by atoms with Crippen molar-refractivity contribution in [2.24, 2.45) is 0 Å². The molecule has 0 bridgehead atoms. The molecule has 1 saturated heterocycles. The Bertz CT molecular complexity index is 647. The standard InChI is InChI=1S/C21H29N3/c1-17-13-22-21(24(17)14-18-9-5-4-6-10-18)19-15-23(16-19)20-11-7-2-3-8-12-20/h4-6,9-10,13,19-20H,2-3,7-8,11-12,14-16H2,1H3. The zero-order valence-corrected chi connectivity index (χ0v) is 14.8. The number of benzene rings is 1. The van der Waals surface area contributed by atoms with Crippen molar-refractivity contribution < 1.29 is 0 Å². The summed E-state index contributed by atoms with van der Waals surface area (Å²) in [5, 5.41) is 0. The summed E-state index contributed by atoms with van der Waals surface area (Å²) in [6, 6.07) is 11.6. The average molecular weight is 323 g/mol. The highest BCUT2D eigenvalue weighted by molar-refractivity contribution is 5.19. The molecule has 0 N–H and O–H groups in total. The molecule has 0 spiro atoms. The van der Waals surface area contributed by atoms with Crippen LogP contribution in [0.3, 0.4) is 0 Å². The van der Waals surface area contributed by atoms with Crippen molar-refractivity contribution in [3.8, 4) is 0 Å². The maximum atomic E-state index is 4.77. The fourth-order valence-corrected chi connectivity index (χ4v) is 4.37. The van der Waals surface area contributed by atoms with Crippen molar-refractivity contribution in [1.29, 1.82) is 0 Å². The van der Waals surface area contributed by atoms with Gasteiger partial charge in [0.25, 0.3) is 0 Å². The van der Waals surface area contributed by atoms with E-state index in [1.807, 2.05) is 6.20 Å². The van der Waals surface area contributed by atoms with Gasteiger partial charge in [-0.15, -0.1) is 0 Å². The molecule has 1 aliphatic carbocycles. The van der Waals surface area contributed by atoms with Gasteiger partial charge in [0, 0.05) is 43.5 Å². The number of aromatic nitrogens is 2. The van der Waals surface area contributed by atoms with Crippen LogP contribution >= 0.6 is 0 Å². The fraction of sp³-hybridized carbons (Fsp3) is 0.571. The number of imidazole rings is 1. The summed E-state index contributed by atoms with van der Waals surface area (Å²) < 4.78 is 2.42. The van der Waals surface area contributed by atoms with E-state index in [9.17, 15) is 0 Å². The van der Waals surface area contributed by atoms with Crippen LogP contribution < -0.4 is 0 Å². The fourth-order valence-electron chi connectivity index (χ4n) is 4.37. The summed E-state index contributed by atoms with van der Waals surface area (Å²) in [4.78, 5) is 7.48. The molecule has 1 aromatic carbocycles. The lowest BCUT2D eigenvalue weighted by Gasteiger charge is -2.44. The van der Waals surface area contributed by atoms with Gasteiger partial charge in [0.15, 0.2) is 0 Å². The predicted molar refractivity (Wildman–Crippen MR) is 98.3 cm³/mol. The van der Waals surface area contributed by atoms with Crippen LogP contribution in [0.15, 0.2) is 36.5 Å². The third-order valence-electron chi connectivity index (χ3n) is 5.89. The van der Waals surface area contributed by atoms with E-state index in [-0.39, 0.29) is 0 Å². The number of aryl methyl sites for hydroxylation is 1. The van der Waals surface area contributed by atoms with E-state index in [2.05, 4.69) is 46.7 Å². The summed E-state index contributed by atoms with van der Waals surface area (Å²) in [6.45, 7) is 5.54. The second kappa shape index (κ2) is 7.10. The van der Waals surface area contributed by atoms with E-state index in [4.69, 9.17) is 4.98 Å². The maximum absolute atomic E-state index is 4.77. The van der Waals surface area contributed by atoms with Crippen LogP contribution in [0.1, 0.15) is 61.5 Å². The molecule has 3 nitrogen and oxygen atoms in total. The van der Waals surface area contributed by atoms with Gasteiger partial charge in [0.2, 0.25) is 0 Å². The quantitative estimate of drug-likeness (QED) is 0.779. The van der Waals surface area contributed by atoms with Gasteiger partial charge in [-0.05, 0) is 25.3 Å². The van der Waals surface area contributed by atoms with Gasteiger partial charge in [0.1, 0.15) is 5.82 Å². The lowest BCUT2D eigenvalue weighted by Crippen LogP contribution is -2.51. The first-order valence-corrected chi connectivity index (χ1v) is 9.61. The van der Waals surface area contributed by atoms with Gasteiger partial charge >= 0.3 is 0 Å². The second-order valence-electron chi connectivity index (χ2n) is 7.63. The molecule has 2 heterocycles. The number of hydrogen-bond acceptors (Lipinski definition) is 2. The molecule has 1 aromatic heterocycles. The SMILES string of the molecule is Cc1cnc(C2CN(C3CCCCCC3)C2)n1Cc1ccccc1. The van der Waals surface area contributed by atoms with Crippen LogP contribution in [0, 0.1) is 6.92 Å². The van der Waals surface area contributed by atoms with E-state index < -0.39 is 0 Å². The van der Waals surface area contributed by atoms with E-state index >= 15 is 0 Å². The third kappa shape index (κ3) is 3.27. The maximum Gasteiger partial charge on any atom is 0.114 e. The first-order chi connectivity index (χ1) is 11.8. The molecule has 4 rings (SSSR count). The molecular formula is C21H29N3. The second-order valence-corrected chi connectivity index (χ2v) is 7.63. The lowest BCUT2D eigenvalue weighted by molar-refractivity contribution is 0.0771. The Balaban J connectivity index is 1.43. The zero-order chi connectivity index (χ0) is 16.4. The van der Waals surface area contributed by atoms with E-state index in [0.29, 0.717) is 5.92 Å². The van der Waals surface area contributed by atoms with Crippen LogP contribution in [-0.2, 0) is 6.54 Å². The van der Waals surface area contributed by atoms with E-state index in [1.165, 1.54) is 68.7 Å². The Hall–Kier alpha value is -1.61. The first-order valence-electron chi connectivity index (χ1n) is 9.61. The summed E-state index contributed by atoms with van der Waals surface area (Å²) in [5.74, 6) is 1.91. The van der Waals surface area contributed by atoms with Gasteiger partial charge in [-0.25, -0.2) is 4.98 Å². The van der Waals surface area contributed by atoms with Crippen molar-refractivity contribution in [3.05, 3.63) is 53.6 Å². The number of hydrogen-bond donors (Lipinski definition) is 0. The molecule has 0 amide bonds. The Kier molecular flexibility index (Phi) is 4.70. The summed E-state index contributed by atoms with van der Waals surface area (Å²) in [7, 11) is 0. The molecule has 0 radical (unpaired) electrons. The lowest BCUT2D eigenvalue weighted by atomic mass is 9.93. The minimum Gasteiger partial charge on any atom is -0.328 e. The van der Waals surface area contributed by atoms with Crippen LogP contribution in [0.2, 0.25) is 0 Å². The van der Waals surface area contributed by atoms with Gasteiger partial charge in [-0.2, -0.15) is 0 Å². The van der Waals surface area contributed by atoms with Gasteiger partial charge < -0.3 is 4.57 Å². The van der Waals surface area contributed by atoms with Crippen molar-refractivity contribution >= 4 is 0 Å². The highest BCUT2D eigenvalue weighted by Gasteiger charge is 2.35. The van der Waals surface area contributed by atoms with Crippen LogP contribution in [0.4, 0.5) is 0 Å². The molecule has 24 heavy (non-hydrogen) atoms.